The van der Waals surface area contributed by atoms with E-state index in [1.165, 1.54) is 6.04 Å². The Kier molecular flexibility index (Phi) is 17.6. The highest BCUT2D eigenvalue weighted by molar-refractivity contribution is 6.88. The molecule has 252 valence electrons. The van der Waals surface area contributed by atoms with Crippen LogP contribution < -0.4 is 0 Å². The predicted octanol–water partition coefficient (Wildman–Crippen LogP) is 3.83. The van der Waals surface area contributed by atoms with Gasteiger partial charge in [0.15, 0.2) is 8.32 Å². The first-order valence-electron chi connectivity index (χ1n) is 15.9. The number of hydrogen-bond acceptors (Lipinski definition) is 10. The Balaban J connectivity index is 2.20. The Morgan fingerprint density at radius 3 is 1.40 bits per heavy atom. The van der Waals surface area contributed by atoms with Gasteiger partial charge in [-0.15, -0.1) is 0 Å². The molecule has 42 heavy (non-hydrogen) atoms. The van der Waals surface area contributed by atoms with Crippen LogP contribution in [0.5, 0.6) is 0 Å². The molecule has 15 heteroatoms. The summed E-state index contributed by atoms with van der Waals surface area (Å²) in [5.41, 5.74) is 0. The van der Waals surface area contributed by atoms with E-state index in [2.05, 4.69) is 55.6 Å². The second-order valence-corrected chi connectivity index (χ2v) is 35.7. The molecular formula is C27H66N2O8Si5. The second-order valence-electron chi connectivity index (χ2n) is 15.1. The van der Waals surface area contributed by atoms with Crippen molar-refractivity contribution in [2.45, 2.75) is 109 Å². The second kappa shape index (κ2) is 18.1. The van der Waals surface area contributed by atoms with Crippen LogP contribution >= 0.6 is 0 Å². The standard InChI is InChI=1S/C27H66N2O8Si5/c1-38(2,3)20-12-18-33-24-26(30)22-28-14-16-29(17-15-28)23-27(31)25-34-19-13-21-39(4,5)35-41(8,9)37-42(10,11)36-40(6,7)32/h26-27,30-32H,12-25H2,1-11H3. The largest absolute Gasteiger partial charge is 0.436 e. The lowest BCUT2D eigenvalue weighted by atomic mass is 10.2. The first-order valence-corrected chi connectivity index (χ1v) is 31.2. The molecular weight excluding hydrogens is 621 g/mol. The smallest absolute Gasteiger partial charge is 0.320 e. The summed E-state index contributed by atoms with van der Waals surface area (Å²) in [5.74, 6) is 0. The summed E-state index contributed by atoms with van der Waals surface area (Å²) in [5, 5.41) is 20.9. The monoisotopic (exact) mass is 686 g/mol. The maximum atomic E-state index is 10.5. The molecule has 10 nitrogen and oxygen atoms in total. The molecule has 0 bridgehead atoms. The number of aliphatic hydroxyl groups is 2. The van der Waals surface area contributed by atoms with E-state index >= 15 is 0 Å². The zero-order chi connectivity index (χ0) is 32.2. The van der Waals surface area contributed by atoms with Gasteiger partial charge in [0, 0.05) is 60.6 Å². The number of β-amino-alcohol motifs (C(OH)–C–C–N with tert-alkyl or cyclic N) is 2. The lowest BCUT2D eigenvalue weighted by molar-refractivity contribution is -0.00856. The molecule has 0 aliphatic carbocycles. The summed E-state index contributed by atoms with van der Waals surface area (Å²) in [6.07, 6.45) is 0.996. The lowest BCUT2D eigenvalue weighted by Gasteiger charge is -2.39. The highest BCUT2D eigenvalue weighted by atomic mass is 28.5. The van der Waals surface area contributed by atoms with E-state index in [1.54, 1.807) is 13.1 Å². The molecule has 2 atom stereocenters. The molecule has 0 saturated carbocycles. The summed E-state index contributed by atoms with van der Waals surface area (Å²) in [7, 11) is -10.5. The highest BCUT2D eigenvalue weighted by Gasteiger charge is 2.43. The van der Waals surface area contributed by atoms with Crippen molar-refractivity contribution in [2.75, 3.05) is 65.7 Å². The van der Waals surface area contributed by atoms with Gasteiger partial charge in [-0.1, -0.05) is 25.7 Å². The van der Waals surface area contributed by atoms with Gasteiger partial charge in [-0.2, -0.15) is 0 Å². The average molecular weight is 687 g/mol. The minimum atomic E-state index is -2.67. The van der Waals surface area contributed by atoms with Crippen molar-refractivity contribution in [1.82, 2.24) is 9.80 Å². The van der Waals surface area contributed by atoms with E-state index in [1.807, 2.05) is 13.1 Å². The molecule has 1 aliphatic rings. The number of hydrogen-bond donors (Lipinski definition) is 3. The van der Waals surface area contributed by atoms with Crippen LogP contribution in [-0.2, 0) is 21.8 Å². The topological polar surface area (TPSA) is 113 Å². The third-order valence-electron chi connectivity index (χ3n) is 6.82. The third-order valence-corrected chi connectivity index (χ3v) is 22.3. The summed E-state index contributed by atoms with van der Waals surface area (Å²) >= 11 is 0. The van der Waals surface area contributed by atoms with Crippen LogP contribution in [0.25, 0.3) is 0 Å². The Labute approximate surface area is 262 Å². The van der Waals surface area contributed by atoms with Crippen LogP contribution in [0.1, 0.15) is 12.8 Å². The van der Waals surface area contributed by atoms with Gasteiger partial charge in [0.05, 0.1) is 25.4 Å². The Morgan fingerprint density at radius 2 is 1.00 bits per heavy atom. The van der Waals surface area contributed by atoms with Crippen LogP contribution in [-0.4, -0.2) is 145 Å². The Bertz CT molecular complexity index is 745. The summed E-state index contributed by atoms with van der Waals surface area (Å²) < 4.78 is 30.4. The van der Waals surface area contributed by atoms with E-state index in [4.69, 9.17) is 21.8 Å². The third kappa shape index (κ3) is 21.4. The van der Waals surface area contributed by atoms with Gasteiger partial charge < -0.3 is 36.8 Å². The van der Waals surface area contributed by atoms with Crippen molar-refractivity contribution < 1.29 is 36.8 Å². The van der Waals surface area contributed by atoms with Gasteiger partial charge >= 0.3 is 25.7 Å². The molecule has 0 amide bonds. The molecule has 1 fully saturated rings. The van der Waals surface area contributed by atoms with Crippen molar-refractivity contribution in [2.24, 2.45) is 0 Å². The van der Waals surface area contributed by atoms with Crippen molar-refractivity contribution >= 4 is 42.1 Å². The molecule has 1 heterocycles. The van der Waals surface area contributed by atoms with Crippen molar-refractivity contribution in [3.05, 3.63) is 0 Å². The molecule has 0 aromatic heterocycles. The maximum absolute atomic E-state index is 10.5. The Hall–Kier alpha value is 0.684. The first-order chi connectivity index (χ1) is 19.1. The summed E-state index contributed by atoms with van der Waals surface area (Å²) in [4.78, 5) is 14.7. The fraction of sp³-hybridized carbons (Fsp3) is 1.00. The van der Waals surface area contributed by atoms with E-state index in [-0.39, 0.29) is 0 Å². The molecule has 0 aromatic carbocycles. The zero-order valence-electron chi connectivity index (χ0n) is 28.8. The zero-order valence-corrected chi connectivity index (χ0v) is 33.8. The van der Waals surface area contributed by atoms with Crippen LogP contribution in [0, 0.1) is 0 Å². The van der Waals surface area contributed by atoms with E-state index in [0.29, 0.717) is 32.9 Å². The minimum Gasteiger partial charge on any atom is -0.436 e. The van der Waals surface area contributed by atoms with Crippen molar-refractivity contribution in [3.63, 3.8) is 0 Å². The van der Waals surface area contributed by atoms with Gasteiger partial charge in [0.25, 0.3) is 0 Å². The maximum Gasteiger partial charge on any atom is 0.320 e. The van der Waals surface area contributed by atoms with E-state index in [9.17, 15) is 15.0 Å². The number of nitrogens with zero attached hydrogens (tertiary/aromatic N) is 2. The number of rotatable bonds is 22. The average Bonchev–Trinajstić information content (AvgIpc) is 2.75. The summed E-state index contributed by atoms with van der Waals surface area (Å²) in [6, 6.07) is 2.21. The molecule has 1 saturated heterocycles. The normalized spacial score (nSPS) is 18.4. The minimum absolute atomic E-state index is 0.331. The number of piperazine rings is 1. The molecule has 2 unspecified atom stereocenters. The van der Waals surface area contributed by atoms with Crippen LogP contribution in [0.3, 0.4) is 0 Å². The number of ether oxygens (including phenoxy) is 2. The van der Waals surface area contributed by atoms with Crippen LogP contribution in [0.2, 0.25) is 84.1 Å². The lowest BCUT2D eigenvalue weighted by Crippen LogP contribution is -2.56. The Morgan fingerprint density at radius 1 is 0.595 bits per heavy atom. The SMILES string of the molecule is C[Si](C)(C)CCCOCC(O)CN1CCN(CC(O)COCCC[Si](C)(C)O[Si](C)(C)O[Si](C)(C)O[Si](C)(C)O)CC1. The van der Waals surface area contributed by atoms with E-state index < -0.39 is 54.3 Å². The number of aliphatic hydroxyl groups excluding tert-OH is 2. The van der Waals surface area contributed by atoms with Gasteiger partial charge in [-0.05, 0) is 71.3 Å². The highest BCUT2D eigenvalue weighted by Crippen LogP contribution is 2.25. The van der Waals surface area contributed by atoms with Crippen molar-refractivity contribution in [1.29, 1.82) is 0 Å². The van der Waals surface area contributed by atoms with Crippen molar-refractivity contribution in [3.8, 4) is 0 Å². The van der Waals surface area contributed by atoms with Crippen LogP contribution in [0.15, 0.2) is 0 Å². The molecule has 0 radical (unpaired) electrons. The molecule has 3 N–H and O–H groups in total. The predicted molar refractivity (Wildman–Crippen MR) is 184 cm³/mol. The van der Waals surface area contributed by atoms with Gasteiger partial charge in [-0.3, -0.25) is 9.80 Å². The first kappa shape index (κ1) is 40.7. The quantitative estimate of drug-likeness (QED) is 0.115. The molecule has 0 aromatic rings. The molecule has 0 spiro atoms. The van der Waals surface area contributed by atoms with Gasteiger partial charge in [0.1, 0.15) is 0 Å². The van der Waals surface area contributed by atoms with Gasteiger partial charge in [-0.25, -0.2) is 0 Å². The fourth-order valence-corrected chi connectivity index (χ4v) is 24.1. The molecule has 1 rings (SSSR count). The summed E-state index contributed by atoms with van der Waals surface area (Å²) in [6.45, 7) is 30.0. The molecule has 1 aliphatic heterocycles. The fourth-order valence-electron chi connectivity index (χ4n) is 5.55. The van der Waals surface area contributed by atoms with Crippen LogP contribution in [0.4, 0.5) is 0 Å². The van der Waals surface area contributed by atoms with Gasteiger partial charge in [0.2, 0.25) is 0 Å². The van der Waals surface area contributed by atoms with E-state index in [0.717, 1.165) is 51.7 Å².